The summed E-state index contributed by atoms with van der Waals surface area (Å²) in [6.07, 6.45) is 1.64. The fourth-order valence-electron chi connectivity index (χ4n) is 2.82. The van der Waals surface area contributed by atoms with Crippen molar-refractivity contribution >= 4 is 24.2 Å². The molecule has 22 heavy (non-hydrogen) atoms. The number of nitrogens with two attached hydrogens (primary N) is 1. The molecular formula is C16H24ClN3O2. The molecule has 2 amide bonds. The number of hydrogen-bond donors (Lipinski definition) is 2. The average molecular weight is 326 g/mol. The van der Waals surface area contributed by atoms with Crippen LogP contribution in [0.4, 0.5) is 0 Å². The van der Waals surface area contributed by atoms with Crippen molar-refractivity contribution in [3.63, 3.8) is 0 Å². The molecule has 0 aromatic heterocycles. The van der Waals surface area contributed by atoms with Crippen LogP contribution in [-0.4, -0.2) is 36.9 Å². The van der Waals surface area contributed by atoms with E-state index in [-0.39, 0.29) is 30.1 Å². The third-order valence-corrected chi connectivity index (χ3v) is 4.14. The van der Waals surface area contributed by atoms with Crippen LogP contribution < -0.4 is 11.1 Å². The largest absolute Gasteiger partial charge is 0.359 e. The molecule has 1 aromatic rings. The number of nitrogens with one attached hydrogen (secondary N) is 1. The van der Waals surface area contributed by atoms with E-state index >= 15 is 0 Å². The molecule has 0 saturated carbocycles. The number of amides is 2. The maximum Gasteiger partial charge on any atom is 0.246 e. The minimum absolute atomic E-state index is 0. The summed E-state index contributed by atoms with van der Waals surface area (Å²) in [5, 5.41) is 2.66. The van der Waals surface area contributed by atoms with Crippen molar-refractivity contribution in [2.75, 3.05) is 20.1 Å². The number of piperidine rings is 1. The van der Waals surface area contributed by atoms with Crippen LogP contribution in [0.3, 0.4) is 0 Å². The first-order chi connectivity index (χ1) is 9.96. The van der Waals surface area contributed by atoms with Gasteiger partial charge in [-0.15, -0.1) is 12.4 Å². The number of halogens is 1. The van der Waals surface area contributed by atoms with E-state index < -0.39 is 5.54 Å². The number of carbonyl (C=O) groups excluding carboxylic acids is 2. The standard InChI is InChI=1S/C16H23N3O2.ClH/c1-16(17,13-8-4-3-5-9-13)15(21)19-10-6-7-12(11-19)14(20)18-2;/h3-5,8-9,12H,6-7,10-11,17H2,1-2H3,(H,18,20);1H. The number of carbonyl (C=O) groups is 2. The Morgan fingerprint density at radius 1 is 1.32 bits per heavy atom. The molecule has 1 aliphatic heterocycles. The van der Waals surface area contributed by atoms with Crippen LogP contribution >= 0.6 is 12.4 Å². The lowest BCUT2D eigenvalue weighted by Gasteiger charge is -2.37. The normalized spacial score (nSPS) is 20.5. The monoisotopic (exact) mass is 325 g/mol. The smallest absolute Gasteiger partial charge is 0.246 e. The van der Waals surface area contributed by atoms with E-state index in [4.69, 9.17) is 5.73 Å². The first-order valence-electron chi connectivity index (χ1n) is 7.32. The van der Waals surface area contributed by atoms with Crippen molar-refractivity contribution in [2.45, 2.75) is 25.3 Å². The third-order valence-electron chi connectivity index (χ3n) is 4.14. The highest BCUT2D eigenvalue weighted by Crippen LogP contribution is 2.24. The minimum atomic E-state index is -1.06. The summed E-state index contributed by atoms with van der Waals surface area (Å²) in [7, 11) is 1.63. The molecule has 1 aliphatic rings. The second kappa shape index (κ2) is 7.61. The topological polar surface area (TPSA) is 75.4 Å². The van der Waals surface area contributed by atoms with Crippen LogP contribution in [-0.2, 0) is 15.1 Å². The van der Waals surface area contributed by atoms with Crippen LogP contribution in [0.15, 0.2) is 30.3 Å². The van der Waals surface area contributed by atoms with E-state index in [1.807, 2.05) is 30.3 Å². The summed E-state index contributed by atoms with van der Waals surface area (Å²) in [5.41, 5.74) is 6.00. The van der Waals surface area contributed by atoms with Crippen molar-refractivity contribution in [2.24, 2.45) is 11.7 Å². The van der Waals surface area contributed by atoms with E-state index in [0.29, 0.717) is 13.1 Å². The Kier molecular flexibility index (Phi) is 6.38. The molecule has 3 N–H and O–H groups in total. The quantitative estimate of drug-likeness (QED) is 0.878. The van der Waals surface area contributed by atoms with Crippen LogP contribution in [0.1, 0.15) is 25.3 Å². The molecule has 0 bridgehead atoms. The first-order valence-corrected chi connectivity index (χ1v) is 7.32. The van der Waals surface area contributed by atoms with Crippen molar-refractivity contribution < 1.29 is 9.59 Å². The number of likely N-dealkylation sites (tertiary alicyclic amines) is 1. The fraction of sp³-hybridized carbons (Fsp3) is 0.500. The van der Waals surface area contributed by atoms with E-state index in [2.05, 4.69) is 5.32 Å². The zero-order chi connectivity index (χ0) is 15.5. The van der Waals surface area contributed by atoms with Gasteiger partial charge in [-0.1, -0.05) is 30.3 Å². The van der Waals surface area contributed by atoms with Gasteiger partial charge >= 0.3 is 0 Å². The van der Waals surface area contributed by atoms with E-state index in [0.717, 1.165) is 18.4 Å². The number of nitrogens with zero attached hydrogens (tertiary/aromatic N) is 1. The van der Waals surface area contributed by atoms with Gasteiger partial charge in [0.1, 0.15) is 5.54 Å². The number of hydrogen-bond acceptors (Lipinski definition) is 3. The van der Waals surface area contributed by atoms with E-state index in [1.165, 1.54) is 0 Å². The number of benzene rings is 1. The lowest BCUT2D eigenvalue weighted by molar-refractivity contribution is -0.140. The second-order valence-electron chi connectivity index (χ2n) is 5.77. The Hall–Kier alpha value is -1.59. The number of rotatable bonds is 3. The van der Waals surface area contributed by atoms with E-state index in [1.54, 1.807) is 18.9 Å². The maximum atomic E-state index is 12.7. The van der Waals surface area contributed by atoms with Gasteiger partial charge in [-0.25, -0.2) is 0 Å². The highest BCUT2D eigenvalue weighted by Gasteiger charge is 2.37. The molecule has 2 unspecified atom stereocenters. The van der Waals surface area contributed by atoms with Crippen molar-refractivity contribution in [1.82, 2.24) is 10.2 Å². The molecular weight excluding hydrogens is 302 g/mol. The van der Waals surface area contributed by atoms with Gasteiger partial charge in [0.05, 0.1) is 5.92 Å². The molecule has 6 heteroatoms. The molecule has 122 valence electrons. The van der Waals surface area contributed by atoms with Gasteiger partial charge in [-0.3, -0.25) is 9.59 Å². The Morgan fingerprint density at radius 3 is 2.55 bits per heavy atom. The third kappa shape index (κ3) is 3.78. The van der Waals surface area contributed by atoms with Gasteiger partial charge in [0, 0.05) is 20.1 Å². The fourth-order valence-corrected chi connectivity index (χ4v) is 2.82. The van der Waals surface area contributed by atoms with Gasteiger partial charge in [0.15, 0.2) is 0 Å². The zero-order valence-corrected chi connectivity index (χ0v) is 13.9. The highest BCUT2D eigenvalue weighted by atomic mass is 35.5. The maximum absolute atomic E-state index is 12.7. The van der Waals surface area contributed by atoms with Gasteiger partial charge in [0.25, 0.3) is 0 Å². The lowest BCUT2D eigenvalue weighted by atomic mass is 9.89. The molecule has 0 spiro atoms. The molecule has 2 atom stereocenters. The first kappa shape index (κ1) is 18.5. The lowest BCUT2D eigenvalue weighted by Crippen LogP contribution is -2.54. The Balaban J connectivity index is 0.00000242. The molecule has 2 rings (SSSR count). The Labute approximate surface area is 137 Å². The molecule has 1 aromatic carbocycles. The van der Waals surface area contributed by atoms with Gasteiger partial charge in [0.2, 0.25) is 11.8 Å². The zero-order valence-electron chi connectivity index (χ0n) is 13.0. The predicted octanol–water partition coefficient (Wildman–Crippen LogP) is 1.27. The molecule has 1 fully saturated rings. The molecule has 5 nitrogen and oxygen atoms in total. The van der Waals surface area contributed by atoms with Crippen LogP contribution in [0.25, 0.3) is 0 Å². The Bertz CT molecular complexity index is 519. The predicted molar refractivity (Wildman–Crippen MR) is 88.6 cm³/mol. The van der Waals surface area contributed by atoms with Crippen molar-refractivity contribution in [3.05, 3.63) is 35.9 Å². The summed E-state index contributed by atoms with van der Waals surface area (Å²) in [6.45, 7) is 2.83. The summed E-state index contributed by atoms with van der Waals surface area (Å²) >= 11 is 0. The van der Waals surface area contributed by atoms with Gasteiger partial charge in [-0.2, -0.15) is 0 Å². The highest BCUT2D eigenvalue weighted by molar-refractivity contribution is 5.88. The van der Waals surface area contributed by atoms with Gasteiger partial charge in [-0.05, 0) is 25.3 Å². The molecule has 0 aliphatic carbocycles. The SMILES string of the molecule is CNC(=O)C1CCCN(C(=O)C(C)(N)c2ccccc2)C1.Cl. The van der Waals surface area contributed by atoms with Crippen molar-refractivity contribution in [1.29, 1.82) is 0 Å². The summed E-state index contributed by atoms with van der Waals surface area (Å²) in [6, 6.07) is 9.36. The van der Waals surface area contributed by atoms with Crippen LogP contribution in [0.5, 0.6) is 0 Å². The average Bonchev–Trinajstić information content (AvgIpc) is 2.54. The van der Waals surface area contributed by atoms with Crippen molar-refractivity contribution in [3.8, 4) is 0 Å². The van der Waals surface area contributed by atoms with Gasteiger partial charge < -0.3 is 16.0 Å². The summed E-state index contributed by atoms with van der Waals surface area (Å²) in [4.78, 5) is 26.2. The second-order valence-corrected chi connectivity index (χ2v) is 5.77. The minimum Gasteiger partial charge on any atom is -0.359 e. The summed E-state index contributed by atoms with van der Waals surface area (Å²) < 4.78 is 0. The van der Waals surface area contributed by atoms with E-state index in [9.17, 15) is 9.59 Å². The molecule has 0 radical (unpaired) electrons. The van der Waals surface area contributed by atoms with Crippen LogP contribution in [0.2, 0.25) is 0 Å². The molecule has 1 saturated heterocycles. The van der Waals surface area contributed by atoms with Crippen LogP contribution in [0, 0.1) is 5.92 Å². The Morgan fingerprint density at radius 2 is 1.95 bits per heavy atom. The summed E-state index contributed by atoms with van der Waals surface area (Å²) in [5.74, 6) is -0.271. The molecule has 1 heterocycles.